The molecule has 0 radical (unpaired) electrons. The fourth-order valence-electron chi connectivity index (χ4n) is 0.746. The van der Waals surface area contributed by atoms with Crippen molar-refractivity contribution in [3.8, 4) is 0 Å². The lowest BCUT2D eigenvalue weighted by molar-refractivity contribution is 0.160. The molecule has 0 aliphatic carbocycles. The Labute approximate surface area is 48.7 Å². The molecule has 1 saturated heterocycles. The third-order valence-corrected chi connectivity index (χ3v) is 2.82. The zero-order valence-corrected chi connectivity index (χ0v) is 5.56. The van der Waals surface area contributed by atoms with Gasteiger partial charge in [-0.05, 0) is 12.8 Å². The van der Waals surface area contributed by atoms with Crippen molar-refractivity contribution in [2.24, 2.45) is 0 Å². The fraction of sp³-hybridized carbons (Fsp3) is 1.00. The number of hydrogen-bond acceptors (Lipinski definition) is 2. The van der Waals surface area contributed by atoms with Gasteiger partial charge in [0.15, 0.2) is 0 Å². The monoisotopic (exact) mass is 136 g/mol. The molecule has 1 fully saturated rings. The first-order chi connectivity index (χ1) is 3.71. The maximum atomic E-state index is 12.3. The van der Waals surface area contributed by atoms with Gasteiger partial charge in [0, 0.05) is 12.7 Å². The molecule has 1 unspecified atom stereocenters. The highest BCUT2D eigenvalue weighted by Gasteiger charge is 2.36. The average Bonchev–Trinajstić information content (AvgIpc) is 1.65. The molecule has 4 heteroatoms. The van der Waals surface area contributed by atoms with Crippen LogP contribution in [0.25, 0.3) is 0 Å². The summed E-state index contributed by atoms with van der Waals surface area (Å²) in [5.74, 6) is 0. The minimum Gasteiger partial charge on any atom is -0.387 e. The first-order valence-corrected chi connectivity index (χ1v) is 4.70. The molecule has 1 heterocycles. The van der Waals surface area contributed by atoms with Crippen LogP contribution in [0.15, 0.2) is 0 Å². The van der Waals surface area contributed by atoms with Gasteiger partial charge in [-0.2, -0.15) is 0 Å². The van der Waals surface area contributed by atoms with E-state index in [1.165, 1.54) is 0 Å². The van der Waals surface area contributed by atoms with Crippen molar-refractivity contribution < 1.29 is 13.3 Å². The molecular formula is C4H9FO2Si. The smallest absolute Gasteiger partial charge is 0.387 e. The standard InChI is InChI=1S/C4H9FO2Si/c5-8(6)4-2-1-3-7-8/h6H,1-4H2. The Morgan fingerprint density at radius 3 is 2.50 bits per heavy atom. The second-order valence-electron chi connectivity index (χ2n) is 1.99. The summed E-state index contributed by atoms with van der Waals surface area (Å²) in [6.45, 7) is 0.402. The summed E-state index contributed by atoms with van der Waals surface area (Å²) in [5.41, 5.74) is 0. The third-order valence-electron chi connectivity index (χ3n) is 1.20. The summed E-state index contributed by atoms with van der Waals surface area (Å²) < 4.78 is 16.8. The Bertz CT molecular complexity index is 78.1. The van der Waals surface area contributed by atoms with Gasteiger partial charge in [-0.15, -0.1) is 0 Å². The topological polar surface area (TPSA) is 29.5 Å². The highest BCUT2D eigenvalue weighted by molar-refractivity contribution is 6.58. The van der Waals surface area contributed by atoms with Gasteiger partial charge < -0.3 is 9.22 Å². The maximum Gasteiger partial charge on any atom is 0.537 e. The highest BCUT2D eigenvalue weighted by Crippen LogP contribution is 2.19. The van der Waals surface area contributed by atoms with Crippen molar-refractivity contribution in [2.75, 3.05) is 6.61 Å². The lowest BCUT2D eigenvalue weighted by atomic mass is 10.4. The summed E-state index contributed by atoms with van der Waals surface area (Å²) in [4.78, 5) is 8.62. The summed E-state index contributed by atoms with van der Waals surface area (Å²) in [6, 6.07) is 0.257. The van der Waals surface area contributed by atoms with Crippen molar-refractivity contribution in [1.82, 2.24) is 0 Å². The molecule has 8 heavy (non-hydrogen) atoms. The van der Waals surface area contributed by atoms with Crippen LogP contribution in [-0.2, 0) is 4.43 Å². The molecule has 0 amide bonds. The minimum absolute atomic E-state index is 0.257. The van der Waals surface area contributed by atoms with Gasteiger partial charge in [0.1, 0.15) is 0 Å². The summed E-state index contributed by atoms with van der Waals surface area (Å²) in [6.07, 6.45) is 1.67. The van der Waals surface area contributed by atoms with E-state index in [2.05, 4.69) is 4.43 Å². The Morgan fingerprint density at radius 1 is 1.50 bits per heavy atom. The van der Waals surface area contributed by atoms with Crippen LogP contribution in [0.4, 0.5) is 4.11 Å². The minimum atomic E-state index is -3.59. The molecule has 48 valence electrons. The van der Waals surface area contributed by atoms with Crippen molar-refractivity contribution in [2.45, 2.75) is 18.9 Å². The summed E-state index contributed by atoms with van der Waals surface area (Å²) >= 11 is 0. The van der Waals surface area contributed by atoms with E-state index < -0.39 is 8.89 Å². The van der Waals surface area contributed by atoms with Crippen LogP contribution in [0.3, 0.4) is 0 Å². The highest BCUT2D eigenvalue weighted by atomic mass is 28.4. The van der Waals surface area contributed by atoms with E-state index in [4.69, 9.17) is 4.80 Å². The van der Waals surface area contributed by atoms with Crippen LogP contribution in [-0.4, -0.2) is 20.3 Å². The molecule has 0 aromatic heterocycles. The Hall–Kier alpha value is 0.0669. The largest absolute Gasteiger partial charge is 0.537 e. The molecule has 1 atom stereocenters. The second kappa shape index (κ2) is 2.12. The van der Waals surface area contributed by atoms with Gasteiger partial charge in [-0.3, -0.25) is 0 Å². The lowest BCUT2D eigenvalue weighted by Gasteiger charge is -2.19. The van der Waals surface area contributed by atoms with Crippen LogP contribution in [0.2, 0.25) is 6.04 Å². The second-order valence-corrected chi connectivity index (χ2v) is 4.16. The van der Waals surface area contributed by atoms with Crippen LogP contribution in [0.1, 0.15) is 12.8 Å². The van der Waals surface area contributed by atoms with Crippen LogP contribution < -0.4 is 0 Å². The van der Waals surface area contributed by atoms with E-state index in [1.807, 2.05) is 0 Å². The Balaban J connectivity index is 2.33. The lowest BCUT2D eigenvalue weighted by Crippen LogP contribution is -2.36. The van der Waals surface area contributed by atoms with E-state index in [-0.39, 0.29) is 6.04 Å². The summed E-state index contributed by atoms with van der Waals surface area (Å²) in [5, 5.41) is 0. The van der Waals surface area contributed by atoms with Crippen LogP contribution in [0.5, 0.6) is 0 Å². The van der Waals surface area contributed by atoms with Gasteiger partial charge in [0.2, 0.25) is 0 Å². The molecule has 2 nitrogen and oxygen atoms in total. The molecule has 1 rings (SSSR count). The summed E-state index contributed by atoms with van der Waals surface area (Å²) in [7, 11) is -3.59. The van der Waals surface area contributed by atoms with Crippen molar-refractivity contribution in [3.63, 3.8) is 0 Å². The molecule has 1 aliphatic heterocycles. The normalized spacial score (nSPS) is 39.8. The number of halogens is 1. The van der Waals surface area contributed by atoms with Crippen LogP contribution >= 0.6 is 0 Å². The molecule has 1 aliphatic rings. The van der Waals surface area contributed by atoms with Crippen LogP contribution in [0, 0.1) is 0 Å². The van der Waals surface area contributed by atoms with Crippen molar-refractivity contribution >= 4 is 8.89 Å². The maximum absolute atomic E-state index is 12.3. The van der Waals surface area contributed by atoms with E-state index in [9.17, 15) is 4.11 Å². The zero-order valence-electron chi connectivity index (χ0n) is 4.56. The Morgan fingerprint density at radius 2 is 2.25 bits per heavy atom. The van der Waals surface area contributed by atoms with E-state index >= 15 is 0 Å². The molecule has 0 aromatic rings. The molecule has 0 spiro atoms. The first-order valence-electron chi connectivity index (χ1n) is 2.76. The third kappa shape index (κ3) is 1.54. The van der Waals surface area contributed by atoms with E-state index in [0.717, 1.165) is 12.8 Å². The molecule has 0 bridgehead atoms. The average molecular weight is 136 g/mol. The Kier molecular flexibility index (Phi) is 1.64. The van der Waals surface area contributed by atoms with Gasteiger partial charge in [0.25, 0.3) is 0 Å². The van der Waals surface area contributed by atoms with Gasteiger partial charge in [-0.25, -0.2) is 4.11 Å². The number of rotatable bonds is 0. The molecule has 0 aromatic carbocycles. The van der Waals surface area contributed by atoms with Crippen molar-refractivity contribution in [1.29, 1.82) is 0 Å². The molecule has 0 saturated carbocycles. The SMILES string of the molecule is O[Si]1(F)CCCCO1. The van der Waals surface area contributed by atoms with Gasteiger partial charge in [-0.1, -0.05) is 0 Å². The molecule has 1 N–H and O–H groups in total. The van der Waals surface area contributed by atoms with Gasteiger partial charge >= 0.3 is 8.89 Å². The predicted molar refractivity (Wildman–Crippen MR) is 29.1 cm³/mol. The first kappa shape index (κ1) is 6.19. The number of hydrogen-bond donors (Lipinski definition) is 1. The quantitative estimate of drug-likeness (QED) is 0.392. The van der Waals surface area contributed by atoms with Crippen molar-refractivity contribution in [3.05, 3.63) is 0 Å². The van der Waals surface area contributed by atoms with Gasteiger partial charge in [0.05, 0.1) is 0 Å². The van der Waals surface area contributed by atoms with E-state index in [0.29, 0.717) is 6.61 Å². The van der Waals surface area contributed by atoms with E-state index in [1.54, 1.807) is 0 Å². The predicted octanol–water partition coefficient (Wildman–Crippen LogP) is 0.698. The molecular weight excluding hydrogens is 127 g/mol. The zero-order chi connectivity index (χ0) is 6.04. The fourth-order valence-corrected chi connectivity index (χ4v) is 2.03.